The number of nitrogens with zero attached hydrogens (tertiary/aromatic N) is 1. The van der Waals surface area contributed by atoms with Gasteiger partial charge < -0.3 is 10.6 Å². The van der Waals surface area contributed by atoms with Crippen molar-refractivity contribution in [3.05, 3.63) is 0 Å². The van der Waals surface area contributed by atoms with Gasteiger partial charge in [-0.1, -0.05) is 6.92 Å². The lowest BCUT2D eigenvalue weighted by Gasteiger charge is -2.47. The average molecular weight is 260 g/mol. The predicted molar refractivity (Wildman–Crippen MR) is 65.1 cm³/mol. The van der Waals surface area contributed by atoms with E-state index in [1.165, 1.54) is 0 Å². The van der Waals surface area contributed by atoms with Crippen molar-refractivity contribution in [3.8, 4) is 0 Å². The monoisotopic (exact) mass is 260 g/mol. The Bertz CT molecular complexity index is 398. The molecule has 1 heterocycles. The Hall–Kier alpha value is -0.620. The van der Waals surface area contributed by atoms with Gasteiger partial charge in [0.2, 0.25) is 5.91 Å². The fourth-order valence-electron chi connectivity index (χ4n) is 2.95. The second-order valence-corrected chi connectivity index (χ2v) is 7.75. The van der Waals surface area contributed by atoms with Crippen LogP contribution in [0.4, 0.5) is 0 Å². The van der Waals surface area contributed by atoms with Crippen molar-refractivity contribution in [1.82, 2.24) is 4.90 Å². The lowest BCUT2D eigenvalue weighted by atomic mass is 9.62. The first kappa shape index (κ1) is 12.8. The number of nitrogens with two attached hydrogens (primary N) is 1. The quantitative estimate of drug-likeness (QED) is 0.734. The molecule has 1 amide bonds. The van der Waals surface area contributed by atoms with E-state index in [1.807, 2.05) is 0 Å². The Morgan fingerprint density at radius 1 is 1.35 bits per heavy atom. The van der Waals surface area contributed by atoms with Crippen LogP contribution >= 0.6 is 0 Å². The number of rotatable bonds is 2. The molecule has 0 aromatic rings. The molecule has 2 rings (SSSR count). The zero-order chi connectivity index (χ0) is 12.7. The second-order valence-electron chi connectivity index (χ2n) is 5.44. The highest BCUT2D eigenvalue weighted by Gasteiger charge is 2.49. The molecule has 1 saturated carbocycles. The maximum absolute atomic E-state index is 12.3. The summed E-state index contributed by atoms with van der Waals surface area (Å²) in [6.07, 6.45) is 1.68. The van der Waals surface area contributed by atoms with Crippen molar-refractivity contribution in [1.29, 1.82) is 0 Å². The summed E-state index contributed by atoms with van der Waals surface area (Å²) in [5, 5.41) is 0. The van der Waals surface area contributed by atoms with Crippen molar-refractivity contribution in [3.63, 3.8) is 0 Å². The third-order valence-corrected chi connectivity index (χ3v) is 5.56. The van der Waals surface area contributed by atoms with Crippen LogP contribution in [-0.2, 0) is 14.6 Å². The number of amides is 1. The van der Waals surface area contributed by atoms with Crippen LogP contribution in [-0.4, -0.2) is 50.4 Å². The Morgan fingerprint density at radius 2 is 1.88 bits per heavy atom. The third-order valence-electron chi connectivity index (χ3n) is 3.95. The molecule has 6 heteroatoms. The molecule has 1 aliphatic heterocycles. The Balaban J connectivity index is 2.02. The molecule has 5 nitrogen and oxygen atoms in total. The van der Waals surface area contributed by atoms with Gasteiger partial charge in [0.05, 0.1) is 16.9 Å². The summed E-state index contributed by atoms with van der Waals surface area (Å²) in [6, 6.07) is 0. The fourth-order valence-corrected chi connectivity index (χ4v) is 4.16. The predicted octanol–water partition coefficient (Wildman–Crippen LogP) is -0.382. The molecule has 0 aromatic carbocycles. The molecule has 0 aromatic heterocycles. The van der Waals surface area contributed by atoms with E-state index >= 15 is 0 Å². The first-order chi connectivity index (χ1) is 7.88. The van der Waals surface area contributed by atoms with Gasteiger partial charge in [-0.2, -0.15) is 0 Å². The number of carbonyl (C=O) groups is 1. The highest BCUT2D eigenvalue weighted by Crippen LogP contribution is 2.46. The van der Waals surface area contributed by atoms with E-state index in [1.54, 1.807) is 4.90 Å². The van der Waals surface area contributed by atoms with Gasteiger partial charge in [-0.25, -0.2) is 8.42 Å². The summed E-state index contributed by atoms with van der Waals surface area (Å²) in [6.45, 7) is 3.15. The minimum atomic E-state index is -2.93. The summed E-state index contributed by atoms with van der Waals surface area (Å²) in [7, 11) is -2.93. The van der Waals surface area contributed by atoms with Crippen molar-refractivity contribution in [2.24, 2.45) is 17.1 Å². The summed E-state index contributed by atoms with van der Waals surface area (Å²) >= 11 is 0. The summed E-state index contributed by atoms with van der Waals surface area (Å²) < 4.78 is 22.6. The molecule has 1 aliphatic carbocycles. The Labute approximate surface area is 102 Å². The van der Waals surface area contributed by atoms with E-state index in [0.717, 1.165) is 12.8 Å². The topological polar surface area (TPSA) is 80.5 Å². The highest BCUT2D eigenvalue weighted by molar-refractivity contribution is 7.91. The molecular weight excluding hydrogens is 240 g/mol. The minimum absolute atomic E-state index is 0.0630. The number of hydrogen-bond acceptors (Lipinski definition) is 4. The molecule has 0 spiro atoms. The third kappa shape index (κ3) is 2.33. The van der Waals surface area contributed by atoms with Crippen LogP contribution in [0.25, 0.3) is 0 Å². The molecule has 2 N–H and O–H groups in total. The van der Waals surface area contributed by atoms with E-state index in [4.69, 9.17) is 5.73 Å². The van der Waals surface area contributed by atoms with Crippen LogP contribution < -0.4 is 5.73 Å². The summed E-state index contributed by atoms with van der Waals surface area (Å²) in [5.74, 6) is 0.799. The number of hydrogen-bond donors (Lipinski definition) is 1. The van der Waals surface area contributed by atoms with Crippen LogP contribution in [0.3, 0.4) is 0 Å². The molecule has 1 saturated heterocycles. The van der Waals surface area contributed by atoms with Crippen molar-refractivity contribution < 1.29 is 13.2 Å². The highest BCUT2D eigenvalue weighted by atomic mass is 32.2. The molecule has 0 atom stereocenters. The zero-order valence-corrected chi connectivity index (χ0v) is 11.0. The fraction of sp³-hybridized carbons (Fsp3) is 0.909. The van der Waals surface area contributed by atoms with E-state index < -0.39 is 15.3 Å². The number of carbonyl (C=O) groups excluding carboxylic acids is 1. The van der Waals surface area contributed by atoms with Gasteiger partial charge in [0.1, 0.15) is 0 Å². The smallest absolute Gasteiger partial charge is 0.230 e. The van der Waals surface area contributed by atoms with Crippen LogP contribution in [0.15, 0.2) is 0 Å². The molecule has 0 bridgehead atoms. The largest absolute Gasteiger partial charge is 0.340 e. The second kappa shape index (κ2) is 4.24. The normalized spacial score (nSPS) is 36.4. The van der Waals surface area contributed by atoms with Crippen LogP contribution in [0.5, 0.6) is 0 Å². The van der Waals surface area contributed by atoms with Gasteiger partial charge in [-0.15, -0.1) is 0 Å². The van der Waals surface area contributed by atoms with Gasteiger partial charge in [0.25, 0.3) is 0 Å². The van der Waals surface area contributed by atoms with Crippen LogP contribution in [0.1, 0.15) is 19.8 Å². The summed E-state index contributed by atoms with van der Waals surface area (Å²) in [5.41, 5.74) is 5.32. The molecule has 2 fully saturated rings. The lowest BCUT2D eigenvalue weighted by Crippen LogP contribution is -2.57. The van der Waals surface area contributed by atoms with Gasteiger partial charge in [0, 0.05) is 19.6 Å². The molecule has 98 valence electrons. The standard InChI is InChI=1S/C11H20N2O3S/c1-9-6-11(7-9,8-12)10(14)13-2-4-17(15,16)5-3-13/h9H,2-8,12H2,1H3. The van der Waals surface area contributed by atoms with E-state index in [2.05, 4.69) is 6.92 Å². The van der Waals surface area contributed by atoms with Crippen molar-refractivity contribution >= 4 is 15.7 Å². The SMILES string of the molecule is CC1CC(CN)(C(=O)N2CCS(=O)(=O)CC2)C1. The number of sulfone groups is 1. The maximum Gasteiger partial charge on any atom is 0.230 e. The molecule has 17 heavy (non-hydrogen) atoms. The van der Waals surface area contributed by atoms with E-state index in [9.17, 15) is 13.2 Å². The maximum atomic E-state index is 12.3. The van der Waals surface area contributed by atoms with Crippen molar-refractivity contribution in [2.75, 3.05) is 31.1 Å². The first-order valence-corrected chi connectivity index (χ1v) is 7.90. The zero-order valence-electron chi connectivity index (χ0n) is 10.2. The van der Waals surface area contributed by atoms with E-state index in [-0.39, 0.29) is 17.4 Å². The van der Waals surface area contributed by atoms with E-state index in [0.29, 0.717) is 25.6 Å². The van der Waals surface area contributed by atoms with Crippen LogP contribution in [0.2, 0.25) is 0 Å². The van der Waals surface area contributed by atoms with Gasteiger partial charge in [-0.05, 0) is 18.8 Å². The molecule has 2 aliphatic rings. The molecule has 0 radical (unpaired) electrons. The van der Waals surface area contributed by atoms with Crippen molar-refractivity contribution in [2.45, 2.75) is 19.8 Å². The minimum Gasteiger partial charge on any atom is -0.340 e. The Kier molecular flexibility index (Phi) is 3.20. The van der Waals surface area contributed by atoms with Crippen LogP contribution in [0, 0.1) is 11.3 Å². The average Bonchev–Trinajstić information content (AvgIpc) is 2.23. The molecular formula is C11H20N2O3S. The molecule has 0 unspecified atom stereocenters. The summed E-state index contributed by atoms with van der Waals surface area (Å²) in [4.78, 5) is 14.0. The van der Waals surface area contributed by atoms with Gasteiger partial charge in [0.15, 0.2) is 9.84 Å². The first-order valence-electron chi connectivity index (χ1n) is 6.08. The van der Waals surface area contributed by atoms with Gasteiger partial charge >= 0.3 is 0 Å². The Morgan fingerprint density at radius 3 is 2.29 bits per heavy atom. The van der Waals surface area contributed by atoms with Gasteiger partial charge in [-0.3, -0.25) is 4.79 Å². The lowest BCUT2D eigenvalue weighted by molar-refractivity contribution is -0.149.